The first-order valence-electron chi connectivity index (χ1n) is 7.24. The standard InChI is InChI=1S/C15H19N3O4S/c1-15(2,14(21)22)5-6-16-11(19)3-7-18-9-17-12-10(13(18)20)4-8-23-12/h4,8-9H,3,5-7H2,1-2H3,(H,16,19)(H,21,22). The van der Waals surface area contributed by atoms with Gasteiger partial charge in [0.1, 0.15) is 4.83 Å². The van der Waals surface area contributed by atoms with Crippen LogP contribution in [-0.4, -0.2) is 33.1 Å². The second-order valence-electron chi connectivity index (χ2n) is 5.92. The summed E-state index contributed by atoms with van der Waals surface area (Å²) in [5.41, 5.74) is -1.03. The number of aryl methyl sites for hydroxylation is 1. The van der Waals surface area contributed by atoms with Gasteiger partial charge in [-0.05, 0) is 31.7 Å². The fraction of sp³-hybridized carbons (Fsp3) is 0.467. The molecule has 0 fully saturated rings. The number of nitrogens with zero attached hydrogens (tertiary/aromatic N) is 2. The van der Waals surface area contributed by atoms with Gasteiger partial charge in [-0.15, -0.1) is 11.3 Å². The third kappa shape index (κ3) is 4.16. The highest BCUT2D eigenvalue weighted by molar-refractivity contribution is 7.16. The number of carboxylic acid groups (broad SMARTS) is 1. The summed E-state index contributed by atoms with van der Waals surface area (Å²) in [6.07, 6.45) is 1.93. The van der Waals surface area contributed by atoms with Crippen LogP contribution in [0.1, 0.15) is 26.7 Å². The number of carboxylic acids is 1. The van der Waals surface area contributed by atoms with Crippen LogP contribution in [0, 0.1) is 5.41 Å². The molecule has 0 atom stereocenters. The molecule has 0 saturated heterocycles. The van der Waals surface area contributed by atoms with E-state index >= 15 is 0 Å². The molecule has 2 heterocycles. The second-order valence-corrected chi connectivity index (χ2v) is 6.82. The predicted octanol–water partition coefficient (Wildman–Crippen LogP) is 1.47. The van der Waals surface area contributed by atoms with Crippen LogP contribution in [0.3, 0.4) is 0 Å². The number of rotatable bonds is 7. The number of fused-ring (bicyclic) bond motifs is 1. The molecule has 124 valence electrons. The van der Waals surface area contributed by atoms with Gasteiger partial charge in [-0.1, -0.05) is 0 Å². The summed E-state index contributed by atoms with van der Waals surface area (Å²) in [5, 5.41) is 14.0. The molecule has 8 heteroatoms. The van der Waals surface area contributed by atoms with E-state index < -0.39 is 11.4 Å². The molecule has 1 amide bonds. The maximum atomic E-state index is 12.2. The second kappa shape index (κ2) is 6.91. The van der Waals surface area contributed by atoms with E-state index in [1.807, 2.05) is 0 Å². The molecule has 2 N–H and O–H groups in total. The van der Waals surface area contributed by atoms with Gasteiger partial charge in [0.15, 0.2) is 0 Å². The summed E-state index contributed by atoms with van der Waals surface area (Å²) in [7, 11) is 0. The van der Waals surface area contributed by atoms with Gasteiger partial charge in [0, 0.05) is 19.5 Å². The Labute approximate surface area is 137 Å². The largest absolute Gasteiger partial charge is 0.481 e. The average Bonchev–Trinajstić information content (AvgIpc) is 2.95. The molecule has 2 aromatic rings. The van der Waals surface area contributed by atoms with E-state index in [1.54, 1.807) is 25.3 Å². The van der Waals surface area contributed by atoms with Crippen molar-refractivity contribution >= 4 is 33.4 Å². The fourth-order valence-corrected chi connectivity index (χ4v) is 2.71. The number of carbonyl (C=O) groups excluding carboxylic acids is 1. The maximum Gasteiger partial charge on any atom is 0.309 e. The molecule has 2 rings (SSSR count). The Morgan fingerprint density at radius 3 is 2.87 bits per heavy atom. The molecular formula is C15H19N3O4S. The van der Waals surface area contributed by atoms with Crippen LogP contribution < -0.4 is 10.9 Å². The first-order chi connectivity index (χ1) is 10.8. The van der Waals surface area contributed by atoms with E-state index in [0.717, 1.165) is 0 Å². The van der Waals surface area contributed by atoms with Gasteiger partial charge in [0.05, 0.1) is 17.1 Å². The number of amides is 1. The lowest BCUT2D eigenvalue weighted by atomic mass is 9.90. The van der Waals surface area contributed by atoms with Crippen molar-refractivity contribution in [3.05, 3.63) is 28.1 Å². The van der Waals surface area contributed by atoms with E-state index in [-0.39, 0.29) is 31.0 Å². The van der Waals surface area contributed by atoms with E-state index in [1.165, 1.54) is 22.2 Å². The van der Waals surface area contributed by atoms with Crippen LogP contribution in [0.4, 0.5) is 0 Å². The van der Waals surface area contributed by atoms with Crippen molar-refractivity contribution in [1.29, 1.82) is 0 Å². The molecule has 0 bridgehead atoms. The summed E-state index contributed by atoms with van der Waals surface area (Å²) in [6, 6.07) is 1.72. The molecule has 2 aromatic heterocycles. The van der Waals surface area contributed by atoms with Gasteiger partial charge in [0.2, 0.25) is 5.91 Å². The summed E-state index contributed by atoms with van der Waals surface area (Å²) < 4.78 is 1.41. The summed E-state index contributed by atoms with van der Waals surface area (Å²) in [6.45, 7) is 3.76. The zero-order chi connectivity index (χ0) is 17.0. The normalized spacial score (nSPS) is 11.6. The van der Waals surface area contributed by atoms with Crippen molar-refractivity contribution in [2.24, 2.45) is 5.41 Å². The lowest BCUT2D eigenvalue weighted by Crippen LogP contribution is -2.32. The summed E-state index contributed by atoms with van der Waals surface area (Å²) in [5.74, 6) is -1.11. The van der Waals surface area contributed by atoms with Gasteiger partial charge >= 0.3 is 5.97 Å². The van der Waals surface area contributed by atoms with Crippen LogP contribution in [0.2, 0.25) is 0 Å². The molecule has 0 aromatic carbocycles. The van der Waals surface area contributed by atoms with Crippen LogP contribution >= 0.6 is 11.3 Å². The minimum Gasteiger partial charge on any atom is -0.481 e. The van der Waals surface area contributed by atoms with Crippen molar-refractivity contribution in [1.82, 2.24) is 14.9 Å². The molecule has 0 spiro atoms. The number of hydrogen-bond acceptors (Lipinski definition) is 5. The third-order valence-corrected chi connectivity index (χ3v) is 4.50. The highest BCUT2D eigenvalue weighted by Crippen LogP contribution is 2.19. The van der Waals surface area contributed by atoms with Crippen molar-refractivity contribution in [3.63, 3.8) is 0 Å². The van der Waals surface area contributed by atoms with E-state index in [0.29, 0.717) is 16.6 Å². The molecule has 0 saturated carbocycles. The molecule has 0 aliphatic heterocycles. The van der Waals surface area contributed by atoms with Crippen LogP contribution in [0.15, 0.2) is 22.6 Å². The Balaban J connectivity index is 1.85. The highest BCUT2D eigenvalue weighted by atomic mass is 32.1. The minimum absolute atomic E-state index is 0.144. The number of hydrogen-bond donors (Lipinski definition) is 2. The van der Waals surface area contributed by atoms with E-state index in [4.69, 9.17) is 5.11 Å². The topological polar surface area (TPSA) is 101 Å². The smallest absolute Gasteiger partial charge is 0.309 e. The molecule has 0 aliphatic carbocycles. The maximum absolute atomic E-state index is 12.2. The van der Waals surface area contributed by atoms with Crippen molar-refractivity contribution in [3.8, 4) is 0 Å². The zero-order valence-corrected chi connectivity index (χ0v) is 13.9. The van der Waals surface area contributed by atoms with Gasteiger partial charge in [-0.25, -0.2) is 4.98 Å². The quantitative estimate of drug-likeness (QED) is 0.796. The van der Waals surface area contributed by atoms with Gasteiger partial charge in [-0.2, -0.15) is 0 Å². The van der Waals surface area contributed by atoms with Gasteiger partial charge < -0.3 is 10.4 Å². The van der Waals surface area contributed by atoms with Gasteiger partial charge in [0.25, 0.3) is 5.56 Å². The fourth-order valence-electron chi connectivity index (χ4n) is 1.98. The minimum atomic E-state index is -0.895. The summed E-state index contributed by atoms with van der Waals surface area (Å²) in [4.78, 5) is 39.8. The number of aliphatic carboxylic acids is 1. The third-order valence-electron chi connectivity index (χ3n) is 3.68. The monoisotopic (exact) mass is 337 g/mol. The number of carbonyl (C=O) groups is 2. The molecule has 7 nitrogen and oxygen atoms in total. The Morgan fingerprint density at radius 1 is 1.43 bits per heavy atom. The van der Waals surface area contributed by atoms with Crippen molar-refractivity contribution in [2.45, 2.75) is 33.2 Å². The van der Waals surface area contributed by atoms with E-state index in [9.17, 15) is 14.4 Å². The first kappa shape index (κ1) is 17.1. The Bertz CT molecular complexity index is 778. The molecule has 0 radical (unpaired) electrons. The molecule has 23 heavy (non-hydrogen) atoms. The average molecular weight is 337 g/mol. The lowest BCUT2D eigenvalue weighted by Gasteiger charge is -2.18. The van der Waals surface area contributed by atoms with Crippen LogP contribution in [0.25, 0.3) is 10.2 Å². The molecule has 0 aliphatic rings. The first-order valence-corrected chi connectivity index (χ1v) is 8.12. The number of aromatic nitrogens is 2. The zero-order valence-electron chi connectivity index (χ0n) is 13.0. The highest BCUT2D eigenvalue weighted by Gasteiger charge is 2.26. The van der Waals surface area contributed by atoms with Crippen LogP contribution in [-0.2, 0) is 16.1 Å². The van der Waals surface area contributed by atoms with Crippen molar-refractivity contribution in [2.75, 3.05) is 6.54 Å². The van der Waals surface area contributed by atoms with Gasteiger partial charge in [-0.3, -0.25) is 19.0 Å². The lowest BCUT2D eigenvalue weighted by molar-refractivity contribution is -0.147. The van der Waals surface area contributed by atoms with Crippen LogP contribution in [0.5, 0.6) is 0 Å². The number of nitrogens with one attached hydrogen (secondary N) is 1. The summed E-state index contributed by atoms with van der Waals surface area (Å²) >= 11 is 1.40. The predicted molar refractivity (Wildman–Crippen MR) is 87.5 cm³/mol. The molecular weight excluding hydrogens is 318 g/mol. The Hall–Kier alpha value is -2.22. The number of thiophene rings is 1. The Kier molecular flexibility index (Phi) is 5.15. The SMILES string of the molecule is CC(C)(CCNC(=O)CCn1cnc2sccc2c1=O)C(=O)O. The Morgan fingerprint density at radius 2 is 2.17 bits per heavy atom. The van der Waals surface area contributed by atoms with Crippen molar-refractivity contribution < 1.29 is 14.7 Å². The molecule has 0 unspecified atom stereocenters. The van der Waals surface area contributed by atoms with E-state index in [2.05, 4.69) is 10.3 Å².